The highest BCUT2D eigenvalue weighted by molar-refractivity contribution is 4.81. The lowest BCUT2D eigenvalue weighted by Gasteiger charge is -1.91. The summed E-state index contributed by atoms with van der Waals surface area (Å²) in [6, 6.07) is 0. The Labute approximate surface area is 51.3 Å². The summed E-state index contributed by atoms with van der Waals surface area (Å²) >= 11 is 0. The van der Waals surface area contributed by atoms with Crippen molar-refractivity contribution in [2.45, 2.75) is 26.2 Å². The Hall–Kier alpha value is -0.0400. The van der Waals surface area contributed by atoms with Gasteiger partial charge in [-0.2, -0.15) is 0 Å². The van der Waals surface area contributed by atoms with Crippen LogP contribution in [0, 0.1) is 11.8 Å². The van der Waals surface area contributed by atoms with Crippen molar-refractivity contribution >= 4 is 0 Å². The molecule has 0 aromatic heterocycles. The summed E-state index contributed by atoms with van der Waals surface area (Å²) in [4.78, 5) is 0. The molecule has 0 aliphatic heterocycles. The Morgan fingerprint density at radius 2 is 2.25 bits per heavy atom. The van der Waals surface area contributed by atoms with E-state index in [2.05, 4.69) is 6.92 Å². The zero-order chi connectivity index (χ0) is 5.98. The second-order valence-corrected chi connectivity index (χ2v) is 2.90. The maximum absolute atomic E-state index is 5.35. The maximum atomic E-state index is 5.35. The Morgan fingerprint density at radius 1 is 1.62 bits per heavy atom. The molecule has 48 valence electrons. The van der Waals surface area contributed by atoms with Crippen molar-refractivity contribution in [2.75, 3.05) is 6.54 Å². The van der Waals surface area contributed by atoms with E-state index >= 15 is 0 Å². The zero-order valence-electron chi connectivity index (χ0n) is 5.56. The van der Waals surface area contributed by atoms with Crippen molar-refractivity contribution in [3.8, 4) is 0 Å². The van der Waals surface area contributed by atoms with Gasteiger partial charge < -0.3 is 5.73 Å². The van der Waals surface area contributed by atoms with Gasteiger partial charge in [-0.3, -0.25) is 0 Å². The van der Waals surface area contributed by atoms with Crippen molar-refractivity contribution in [1.29, 1.82) is 0 Å². The van der Waals surface area contributed by atoms with E-state index in [-0.39, 0.29) is 0 Å². The molecule has 0 radical (unpaired) electrons. The summed E-state index contributed by atoms with van der Waals surface area (Å²) in [5.74, 6) is 2.06. The molecule has 1 fully saturated rings. The first-order valence-electron chi connectivity index (χ1n) is 3.54. The number of hydrogen-bond acceptors (Lipinski definition) is 1. The normalized spacial score (nSPS) is 35.2. The van der Waals surface area contributed by atoms with E-state index in [4.69, 9.17) is 5.73 Å². The monoisotopic (exact) mass is 113 g/mol. The minimum atomic E-state index is 0.878. The molecular weight excluding hydrogens is 98.1 g/mol. The van der Waals surface area contributed by atoms with Crippen LogP contribution in [-0.4, -0.2) is 6.54 Å². The Kier molecular flexibility index (Phi) is 1.90. The van der Waals surface area contributed by atoms with Crippen LogP contribution in [0.2, 0.25) is 0 Å². The van der Waals surface area contributed by atoms with E-state index in [1.54, 1.807) is 0 Å². The average molecular weight is 113 g/mol. The van der Waals surface area contributed by atoms with Gasteiger partial charge in [-0.25, -0.2) is 0 Å². The van der Waals surface area contributed by atoms with Gasteiger partial charge in [0.25, 0.3) is 0 Å². The van der Waals surface area contributed by atoms with Crippen LogP contribution in [-0.2, 0) is 0 Å². The second-order valence-electron chi connectivity index (χ2n) is 2.90. The van der Waals surface area contributed by atoms with Gasteiger partial charge in [0.15, 0.2) is 0 Å². The number of rotatable bonds is 3. The molecule has 0 aromatic carbocycles. The van der Waals surface area contributed by atoms with Crippen molar-refractivity contribution in [3.05, 3.63) is 0 Å². The van der Waals surface area contributed by atoms with Gasteiger partial charge in [-0.1, -0.05) is 6.92 Å². The molecule has 1 heteroatoms. The van der Waals surface area contributed by atoms with Gasteiger partial charge in [0.05, 0.1) is 0 Å². The zero-order valence-corrected chi connectivity index (χ0v) is 5.56. The van der Waals surface area contributed by atoms with E-state index in [0.717, 1.165) is 18.4 Å². The van der Waals surface area contributed by atoms with E-state index in [1.165, 1.54) is 19.3 Å². The summed E-state index contributed by atoms with van der Waals surface area (Å²) in [5.41, 5.74) is 5.35. The van der Waals surface area contributed by atoms with Crippen LogP contribution < -0.4 is 5.73 Å². The summed E-state index contributed by atoms with van der Waals surface area (Å²) in [6.07, 6.45) is 4.06. The molecule has 1 aliphatic rings. The fourth-order valence-electron chi connectivity index (χ4n) is 1.18. The molecule has 1 saturated carbocycles. The van der Waals surface area contributed by atoms with Crippen LogP contribution >= 0.6 is 0 Å². The molecule has 0 spiro atoms. The molecule has 1 rings (SSSR count). The van der Waals surface area contributed by atoms with E-state index < -0.39 is 0 Å². The van der Waals surface area contributed by atoms with Gasteiger partial charge in [-0.15, -0.1) is 0 Å². The van der Waals surface area contributed by atoms with Gasteiger partial charge in [-0.05, 0) is 37.6 Å². The van der Waals surface area contributed by atoms with Crippen LogP contribution in [0.25, 0.3) is 0 Å². The van der Waals surface area contributed by atoms with E-state index in [9.17, 15) is 0 Å². The molecule has 2 atom stereocenters. The lowest BCUT2D eigenvalue weighted by Crippen LogP contribution is -1.98. The molecule has 1 nitrogen and oxygen atoms in total. The minimum Gasteiger partial charge on any atom is -0.330 e. The van der Waals surface area contributed by atoms with Gasteiger partial charge >= 0.3 is 0 Å². The Bertz CT molecular complexity index is 70.8. The molecule has 0 heterocycles. The predicted molar refractivity (Wildman–Crippen MR) is 35.6 cm³/mol. The van der Waals surface area contributed by atoms with Crippen LogP contribution in [0.3, 0.4) is 0 Å². The third-order valence-electron chi connectivity index (χ3n) is 2.06. The van der Waals surface area contributed by atoms with Crippen molar-refractivity contribution < 1.29 is 0 Å². The Morgan fingerprint density at radius 3 is 2.62 bits per heavy atom. The molecule has 0 amide bonds. The van der Waals surface area contributed by atoms with Crippen molar-refractivity contribution in [1.82, 2.24) is 0 Å². The fourth-order valence-corrected chi connectivity index (χ4v) is 1.18. The molecule has 0 saturated heterocycles. The standard InChI is InChI=1S/C7H15N/c1-6-5-7(6)3-2-4-8/h6-7H,2-5,8H2,1H3/t6-,7?/m0/s1. The predicted octanol–water partition coefficient (Wildman–Crippen LogP) is 1.38. The fraction of sp³-hybridized carbons (Fsp3) is 1.00. The molecular formula is C7H15N. The molecule has 0 aromatic rings. The first kappa shape index (κ1) is 6.09. The lowest BCUT2D eigenvalue weighted by atomic mass is 10.2. The number of nitrogens with two attached hydrogens (primary N) is 1. The smallest absolute Gasteiger partial charge is 0.00772 e. The van der Waals surface area contributed by atoms with E-state index in [1.807, 2.05) is 0 Å². The van der Waals surface area contributed by atoms with Crippen LogP contribution in [0.5, 0.6) is 0 Å². The topological polar surface area (TPSA) is 26.0 Å². The molecule has 0 bridgehead atoms. The Balaban J connectivity index is 1.89. The van der Waals surface area contributed by atoms with Crippen molar-refractivity contribution in [2.24, 2.45) is 17.6 Å². The van der Waals surface area contributed by atoms with Gasteiger partial charge in [0.1, 0.15) is 0 Å². The number of hydrogen-bond donors (Lipinski definition) is 1. The molecule has 8 heavy (non-hydrogen) atoms. The molecule has 2 N–H and O–H groups in total. The summed E-state index contributed by atoms with van der Waals surface area (Å²) in [7, 11) is 0. The third-order valence-corrected chi connectivity index (χ3v) is 2.06. The highest BCUT2D eigenvalue weighted by atomic mass is 14.5. The van der Waals surface area contributed by atoms with Gasteiger partial charge in [0, 0.05) is 0 Å². The van der Waals surface area contributed by atoms with Crippen LogP contribution in [0.15, 0.2) is 0 Å². The summed E-state index contributed by atoms with van der Waals surface area (Å²) in [5, 5.41) is 0. The lowest BCUT2D eigenvalue weighted by molar-refractivity contribution is 0.636. The second kappa shape index (κ2) is 2.49. The summed E-state index contributed by atoms with van der Waals surface area (Å²) in [6.45, 7) is 3.20. The minimum absolute atomic E-state index is 0.878. The first-order chi connectivity index (χ1) is 3.84. The highest BCUT2D eigenvalue weighted by Gasteiger charge is 2.30. The third kappa shape index (κ3) is 1.48. The quantitative estimate of drug-likeness (QED) is 0.588. The molecule has 1 aliphatic carbocycles. The largest absolute Gasteiger partial charge is 0.330 e. The highest BCUT2D eigenvalue weighted by Crippen LogP contribution is 2.40. The van der Waals surface area contributed by atoms with Crippen LogP contribution in [0.4, 0.5) is 0 Å². The SMILES string of the molecule is C[C@H]1CC1CCCN. The maximum Gasteiger partial charge on any atom is -0.00772 e. The average Bonchev–Trinajstić information content (AvgIpc) is 2.42. The first-order valence-corrected chi connectivity index (χ1v) is 3.54. The summed E-state index contributed by atoms with van der Waals surface area (Å²) < 4.78 is 0. The van der Waals surface area contributed by atoms with Crippen molar-refractivity contribution in [3.63, 3.8) is 0 Å². The molecule has 1 unspecified atom stereocenters. The van der Waals surface area contributed by atoms with E-state index in [0.29, 0.717) is 0 Å². The van der Waals surface area contributed by atoms with Crippen LogP contribution in [0.1, 0.15) is 26.2 Å². The van der Waals surface area contributed by atoms with Gasteiger partial charge in [0.2, 0.25) is 0 Å².